The minimum atomic E-state index is -0.951. The highest BCUT2D eigenvalue weighted by molar-refractivity contribution is 7.99. The van der Waals surface area contributed by atoms with Crippen molar-refractivity contribution in [2.75, 3.05) is 0 Å². The predicted octanol–water partition coefficient (Wildman–Crippen LogP) is 3.98. The second kappa shape index (κ2) is 5.23. The van der Waals surface area contributed by atoms with Gasteiger partial charge in [0.1, 0.15) is 5.82 Å². The molecule has 0 saturated heterocycles. The molecule has 0 unspecified atom stereocenters. The van der Waals surface area contributed by atoms with E-state index in [1.807, 2.05) is 13.0 Å². The molecule has 0 heterocycles. The first-order valence-electron chi connectivity index (χ1n) is 5.33. The fraction of sp³-hybridized carbons (Fsp3) is 0.0714. The first-order valence-corrected chi connectivity index (χ1v) is 6.15. The summed E-state index contributed by atoms with van der Waals surface area (Å²) >= 11 is 1.42. The van der Waals surface area contributed by atoms with E-state index in [4.69, 9.17) is 5.11 Å². The molecule has 2 aromatic carbocycles. The van der Waals surface area contributed by atoms with Gasteiger partial charge < -0.3 is 5.11 Å². The average molecular weight is 262 g/mol. The molecule has 4 heteroatoms. The first-order chi connectivity index (χ1) is 8.56. The van der Waals surface area contributed by atoms with E-state index in [0.717, 1.165) is 15.4 Å². The van der Waals surface area contributed by atoms with Crippen molar-refractivity contribution in [1.29, 1.82) is 0 Å². The van der Waals surface area contributed by atoms with Crippen molar-refractivity contribution in [3.63, 3.8) is 0 Å². The van der Waals surface area contributed by atoms with Crippen LogP contribution in [0.15, 0.2) is 52.3 Å². The topological polar surface area (TPSA) is 37.3 Å². The van der Waals surface area contributed by atoms with E-state index in [1.54, 1.807) is 24.3 Å². The number of aryl methyl sites for hydroxylation is 1. The maximum atomic E-state index is 13.0. The Balaban J connectivity index is 2.28. The summed E-state index contributed by atoms with van der Waals surface area (Å²) in [5.74, 6) is -1.22. The van der Waals surface area contributed by atoms with Crippen LogP contribution in [0.2, 0.25) is 0 Å². The predicted molar refractivity (Wildman–Crippen MR) is 68.7 cm³/mol. The number of hydrogen-bond acceptors (Lipinski definition) is 2. The Labute approximate surface area is 108 Å². The number of aromatic carboxylic acids is 1. The van der Waals surface area contributed by atoms with Crippen molar-refractivity contribution in [2.24, 2.45) is 0 Å². The Hall–Kier alpha value is -1.81. The molecule has 0 fully saturated rings. The summed E-state index contributed by atoms with van der Waals surface area (Å²) in [6, 6.07) is 11.2. The highest BCUT2D eigenvalue weighted by Gasteiger charge is 2.06. The van der Waals surface area contributed by atoms with Gasteiger partial charge in [0.25, 0.3) is 0 Å². The zero-order valence-electron chi connectivity index (χ0n) is 9.68. The van der Waals surface area contributed by atoms with Crippen molar-refractivity contribution < 1.29 is 14.3 Å². The second-order valence-corrected chi connectivity index (χ2v) is 4.96. The van der Waals surface area contributed by atoms with E-state index in [2.05, 4.69) is 0 Å². The maximum Gasteiger partial charge on any atom is 0.335 e. The SMILES string of the molecule is Cc1cc(F)ccc1Sc1cccc(C(=O)O)c1. The van der Waals surface area contributed by atoms with Crippen molar-refractivity contribution in [1.82, 2.24) is 0 Å². The Morgan fingerprint density at radius 1 is 1.22 bits per heavy atom. The van der Waals surface area contributed by atoms with Crippen molar-refractivity contribution in [2.45, 2.75) is 16.7 Å². The van der Waals surface area contributed by atoms with Gasteiger partial charge in [0.05, 0.1) is 5.56 Å². The van der Waals surface area contributed by atoms with Gasteiger partial charge in [-0.1, -0.05) is 17.8 Å². The van der Waals surface area contributed by atoms with Gasteiger partial charge in [-0.3, -0.25) is 0 Å². The van der Waals surface area contributed by atoms with Gasteiger partial charge in [0.2, 0.25) is 0 Å². The fourth-order valence-corrected chi connectivity index (χ4v) is 2.49. The van der Waals surface area contributed by atoms with Gasteiger partial charge in [-0.05, 0) is 48.9 Å². The van der Waals surface area contributed by atoms with Crippen LogP contribution in [0, 0.1) is 12.7 Å². The average Bonchev–Trinajstić information content (AvgIpc) is 2.33. The zero-order chi connectivity index (χ0) is 13.1. The number of halogens is 1. The van der Waals surface area contributed by atoms with Crippen LogP contribution in [-0.4, -0.2) is 11.1 Å². The van der Waals surface area contributed by atoms with Gasteiger partial charge >= 0.3 is 5.97 Å². The number of carboxylic acids is 1. The van der Waals surface area contributed by atoms with E-state index in [1.165, 1.54) is 23.9 Å². The van der Waals surface area contributed by atoms with Crippen LogP contribution in [-0.2, 0) is 0 Å². The standard InChI is InChI=1S/C14H11FO2S/c1-9-7-11(15)5-6-13(9)18-12-4-2-3-10(8-12)14(16)17/h2-8H,1H3,(H,16,17). The lowest BCUT2D eigenvalue weighted by Crippen LogP contribution is -1.95. The second-order valence-electron chi connectivity index (χ2n) is 3.84. The lowest BCUT2D eigenvalue weighted by atomic mass is 10.2. The molecule has 92 valence electrons. The van der Waals surface area contributed by atoms with Crippen LogP contribution in [0.5, 0.6) is 0 Å². The minimum Gasteiger partial charge on any atom is -0.478 e. The smallest absolute Gasteiger partial charge is 0.335 e. The summed E-state index contributed by atoms with van der Waals surface area (Å²) < 4.78 is 13.0. The van der Waals surface area contributed by atoms with Crippen LogP contribution in [0.1, 0.15) is 15.9 Å². The summed E-state index contributed by atoms with van der Waals surface area (Å²) in [4.78, 5) is 12.6. The molecule has 0 bridgehead atoms. The third-order valence-corrected chi connectivity index (χ3v) is 3.61. The number of benzene rings is 2. The fourth-order valence-electron chi connectivity index (χ4n) is 1.55. The van der Waals surface area contributed by atoms with Crippen LogP contribution >= 0.6 is 11.8 Å². The summed E-state index contributed by atoms with van der Waals surface area (Å²) in [6.45, 7) is 1.83. The molecule has 0 saturated carbocycles. The molecule has 2 nitrogen and oxygen atoms in total. The summed E-state index contributed by atoms with van der Waals surface area (Å²) in [5, 5.41) is 8.91. The molecule has 0 spiro atoms. The van der Waals surface area contributed by atoms with Crippen molar-refractivity contribution in [3.05, 3.63) is 59.4 Å². The normalized spacial score (nSPS) is 10.3. The molecule has 0 amide bonds. The largest absolute Gasteiger partial charge is 0.478 e. The van der Waals surface area contributed by atoms with E-state index in [0.29, 0.717) is 0 Å². The van der Waals surface area contributed by atoms with Gasteiger partial charge in [0, 0.05) is 9.79 Å². The summed E-state index contributed by atoms with van der Waals surface area (Å²) in [6.07, 6.45) is 0. The van der Waals surface area contributed by atoms with Crippen LogP contribution in [0.3, 0.4) is 0 Å². The van der Waals surface area contributed by atoms with E-state index in [9.17, 15) is 9.18 Å². The van der Waals surface area contributed by atoms with Gasteiger partial charge in [0.15, 0.2) is 0 Å². The molecule has 2 rings (SSSR count). The molecule has 2 aromatic rings. The van der Waals surface area contributed by atoms with Crippen LogP contribution in [0.25, 0.3) is 0 Å². The number of hydrogen-bond donors (Lipinski definition) is 1. The number of rotatable bonds is 3. The Bertz CT molecular complexity index is 596. The molecular weight excluding hydrogens is 251 g/mol. The highest BCUT2D eigenvalue weighted by atomic mass is 32.2. The van der Waals surface area contributed by atoms with Crippen LogP contribution in [0.4, 0.5) is 4.39 Å². The molecule has 1 N–H and O–H groups in total. The highest BCUT2D eigenvalue weighted by Crippen LogP contribution is 2.30. The van der Waals surface area contributed by atoms with Crippen LogP contribution < -0.4 is 0 Å². The molecule has 0 atom stereocenters. The molecule has 0 aliphatic carbocycles. The summed E-state index contributed by atoms with van der Waals surface area (Å²) in [7, 11) is 0. The Morgan fingerprint density at radius 3 is 2.67 bits per heavy atom. The number of carbonyl (C=O) groups is 1. The number of carboxylic acid groups (broad SMARTS) is 1. The minimum absolute atomic E-state index is 0.250. The molecule has 0 aliphatic rings. The zero-order valence-corrected chi connectivity index (χ0v) is 10.5. The summed E-state index contributed by atoms with van der Waals surface area (Å²) in [5.41, 5.74) is 1.08. The van der Waals surface area contributed by atoms with E-state index in [-0.39, 0.29) is 11.4 Å². The van der Waals surface area contributed by atoms with Gasteiger partial charge in [-0.15, -0.1) is 0 Å². The van der Waals surface area contributed by atoms with Gasteiger partial charge in [-0.25, -0.2) is 9.18 Å². The quantitative estimate of drug-likeness (QED) is 0.909. The monoisotopic (exact) mass is 262 g/mol. The molecular formula is C14H11FO2S. The maximum absolute atomic E-state index is 13.0. The van der Waals surface area contributed by atoms with E-state index >= 15 is 0 Å². The Morgan fingerprint density at radius 2 is 2.00 bits per heavy atom. The van der Waals surface area contributed by atoms with Crippen molar-refractivity contribution >= 4 is 17.7 Å². The molecule has 0 radical (unpaired) electrons. The lowest BCUT2D eigenvalue weighted by Gasteiger charge is -2.06. The third-order valence-electron chi connectivity index (χ3n) is 2.45. The molecule has 18 heavy (non-hydrogen) atoms. The molecule has 0 aliphatic heterocycles. The third kappa shape index (κ3) is 2.90. The van der Waals surface area contributed by atoms with Crippen molar-refractivity contribution in [3.8, 4) is 0 Å². The van der Waals surface area contributed by atoms with E-state index < -0.39 is 5.97 Å². The lowest BCUT2D eigenvalue weighted by molar-refractivity contribution is 0.0696. The van der Waals surface area contributed by atoms with Gasteiger partial charge in [-0.2, -0.15) is 0 Å². The molecule has 0 aromatic heterocycles. The first kappa shape index (κ1) is 12.6. The Kier molecular flexibility index (Phi) is 3.67.